The number of para-hydroxylation sites is 1. The molecule has 0 fully saturated rings. The zero-order valence-corrected chi connectivity index (χ0v) is 16.4. The molecule has 4 rings (SSSR count). The number of carbonyl (C=O) groups excluding carboxylic acids is 2. The van der Waals surface area contributed by atoms with Gasteiger partial charge in [-0.05, 0) is 18.6 Å². The second-order valence-electron chi connectivity index (χ2n) is 6.88. The van der Waals surface area contributed by atoms with Crippen LogP contribution < -0.4 is 10.6 Å². The normalized spacial score (nSPS) is 16.4. The van der Waals surface area contributed by atoms with Gasteiger partial charge in [-0.3, -0.25) is 10.1 Å². The Morgan fingerprint density at radius 1 is 0.967 bits per heavy atom. The fourth-order valence-electron chi connectivity index (χ4n) is 3.28. The van der Waals surface area contributed by atoms with E-state index < -0.39 is 24.3 Å². The molecule has 0 unspecified atom stereocenters. The van der Waals surface area contributed by atoms with Crippen LogP contribution in [0.25, 0.3) is 0 Å². The monoisotopic (exact) mass is 399 g/mol. The van der Waals surface area contributed by atoms with E-state index in [2.05, 4.69) is 15.6 Å². The molecular formula is C24H21N3O3. The topological polar surface area (TPSA) is 79.8 Å². The zero-order valence-electron chi connectivity index (χ0n) is 16.4. The Hall–Kier alpha value is -3.93. The van der Waals surface area contributed by atoms with Crippen molar-refractivity contribution in [1.82, 2.24) is 5.32 Å². The predicted octanol–water partition coefficient (Wildman–Crippen LogP) is 4.29. The number of hydrogen-bond donors (Lipinski definition) is 2. The number of amides is 2. The summed E-state index contributed by atoms with van der Waals surface area (Å²) in [6.45, 7) is 1.77. The molecule has 0 aromatic heterocycles. The van der Waals surface area contributed by atoms with Gasteiger partial charge < -0.3 is 10.1 Å². The summed E-state index contributed by atoms with van der Waals surface area (Å²) in [6, 6.07) is 26.4. The number of benzodiazepines with no additional fused rings is 1. The van der Waals surface area contributed by atoms with E-state index in [9.17, 15) is 9.59 Å². The summed E-state index contributed by atoms with van der Waals surface area (Å²) in [5.41, 5.74) is 3.75. The van der Waals surface area contributed by atoms with Crippen molar-refractivity contribution in [2.75, 3.05) is 5.32 Å². The van der Waals surface area contributed by atoms with Crippen LogP contribution in [-0.4, -0.2) is 23.9 Å². The van der Waals surface area contributed by atoms with E-state index in [0.717, 1.165) is 16.7 Å². The fourth-order valence-corrected chi connectivity index (χ4v) is 3.28. The van der Waals surface area contributed by atoms with E-state index in [1.807, 2.05) is 84.9 Å². The number of aliphatic imine (C=N–C) groups is 1. The van der Waals surface area contributed by atoms with Crippen LogP contribution in [-0.2, 0) is 9.53 Å². The number of nitrogens with one attached hydrogen (secondary N) is 2. The number of hydrogen-bond acceptors (Lipinski definition) is 4. The molecule has 6 heteroatoms. The summed E-state index contributed by atoms with van der Waals surface area (Å²) < 4.78 is 5.45. The number of nitrogens with zero attached hydrogens (tertiary/aromatic N) is 1. The molecule has 6 nitrogen and oxygen atoms in total. The first-order valence-corrected chi connectivity index (χ1v) is 9.67. The number of benzene rings is 3. The molecule has 0 aliphatic carbocycles. The van der Waals surface area contributed by atoms with E-state index in [4.69, 9.17) is 4.74 Å². The van der Waals surface area contributed by atoms with Gasteiger partial charge >= 0.3 is 6.09 Å². The van der Waals surface area contributed by atoms with Crippen molar-refractivity contribution in [2.24, 2.45) is 4.99 Å². The van der Waals surface area contributed by atoms with E-state index in [-0.39, 0.29) is 0 Å². The van der Waals surface area contributed by atoms with Gasteiger partial charge in [0.25, 0.3) is 5.91 Å². The third-order valence-electron chi connectivity index (χ3n) is 4.80. The summed E-state index contributed by atoms with van der Waals surface area (Å²) >= 11 is 0. The second kappa shape index (κ2) is 8.61. The largest absolute Gasteiger partial charge is 0.442 e. The van der Waals surface area contributed by atoms with Gasteiger partial charge in [0.2, 0.25) is 6.17 Å². The molecule has 2 atom stereocenters. The number of rotatable bonds is 4. The Morgan fingerprint density at radius 2 is 1.60 bits per heavy atom. The molecule has 0 spiro atoms. The molecule has 150 valence electrons. The van der Waals surface area contributed by atoms with Gasteiger partial charge in [-0.25, -0.2) is 9.79 Å². The summed E-state index contributed by atoms with van der Waals surface area (Å²) in [5, 5.41) is 5.42. The molecule has 3 aromatic carbocycles. The summed E-state index contributed by atoms with van der Waals surface area (Å²) in [6.07, 6.45) is -2.30. The maximum absolute atomic E-state index is 12.8. The van der Waals surface area contributed by atoms with Crippen molar-refractivity contribution in [1.29, 1.82) is 0 Å². The molecule has 0 saturated heterocycles. The minimum absolute atomic E-state index is 0.433. The zero-order chi connectivity index (χ0) is 20.9. The van der Waals surface area contributed by atoms with E-state index in [0.29, 0.717) is 11.4 Å². The highest BCUT2D eigenvalue weighted by atomic mass is 16.6. The Morgan fingerprint density at radius 3 is 2.33 bits per heavy atom. The maximum Gasteiger partial charge on any atom is 0.409 e. The van der Waals surface area contributed by atoms with Crippen LogP contribution in [0.3, 0.4) is 0 Å². The average molecular weight is 399 g/mol. The molecule has 0 radical (unpaired) electrons. The van der Waals surface area contributed by atoms with Crippen LogP contribution in [0.1, 0.15) is 29.7 Å². The standard InChI is InChI=1S/C24H21N3O3/c1-16(17-10-4-2-5-11-17)30-24(29)27-22-23(28)25-20-15-9-8-14-19(20)21(26-22)18-12-6-3-7-13-18/h2-16,22H,1H3,(H,25,28)(H,27,29)/t16-,22+/m1/s1. The molecule has 0 saturated carbocycles. The summed E-state index contributed by atoms with van der Waals surface area (Å²) in [4.78, 5) is 29.8. The van der Waals surface area contributed by atoms with Gasteiger partial charge in [0.1, 0.15) is 6.10 Å². The molecule has 1 heterocycles. The smallest absolute Gasteiger partial charge is 0.409 e. The molecule has 1 aliphatic rings. The Balaban J connectivity index is 1.60. The SMILES string of the molecule is C[C@@H](OC(=O)N[C@@H]1N=C(c2ccccc2)c2ccccc2NC1=O)c1ccccc1. The molecule has 1 aliphatic heterocycles. The van der Waals surface area contributed by atoms with Crippen LogP contribution in [0.2, 0.25) is 0 Å². The molecular weight excluding hydrogens is 378 g/mol. The Bertz CT molecular complexity index is 1080. The lowest BCUT2D eigenvalue weighted by Crippen LogP contribution is -2.42. The Labute approximate surface area is 174 Å². The van der Waals surface area contributed by atoms with Gasteiger partial charge in [-0.1, -0.05) is 78.9 Å². The van der Waals surface area contributed by atoms with Gasteiger partial charge in [0.05, 0.1) is 11.4 Å². The van der Waals surface area contributed by atoms with Gasteiger partial charge in [-0.2, -0.15) is 0 Å². The lowest BCUT2D eigenvalue weighted by atomic mass is 10.0. The number of carbonyl (C=O) groups is 2. The highest BCUT2D eigenvalue weighted by Gasteiger charge is 2.28. The highest BCUT2D eigenvalue weighted by Crippen LogP contribution is 2.24. The molecule has 2 N–H and O–H groups in total. The highest BCUT2D eigenvalue weighted by molar-refractivity contribution is 6.19. The van der Waals surface area contributed by atoms with Crippen molar-refractivity contribution < 1.29 is 14.3 Å². The van der Waals surface area contributed by atoms with Crippen LogP contribution in [0, 0.1) is 0 Å². The molecule has 3 aromatic rings. The third kappa shape index (κ3) is 4.22. The number of anilines is 1. The lowest BCUT2D eigenvalue weighted by molar-refractivity contribution is -0.117. The number of ether oxygens (including phenoxy) is 1. The Kier molecular flexibility index (Phi) is 5.57. The van der Waals surface area contributed by atoms with Crippen molar-refractivity contribution in [2.45, 2.75) is 19.2 Å². The first-order chi connectivity index (χ1) is 14.6. The number of fused-ring (bicyclic) bond motifs is 1. The molecule has 2 amide bonds. The molecule has 30 heavy (non-hydrogen) atoms. The quantitative estimate of drug-likeness (QED) is 0.687. The van der Waals surface area contributed by atoms with Gasteiger partial charge in [0.15, 0.2) is 0 Å². The average Bonchev–Trinajstić information content (AvgIpc) is 2.91. The minimum Gasteiger partial charge on any atom is -0.442 e. The second-order valence-corrected chi connectivity index (χ2v) is 6.88. The summed E-state index contributed by atoms with van der Waals surface area (Å²) in [5.74, 6) is -0.433. The van der Waals surface area contributed by atoms with E-state index in [1.165, 1.54) is 0 Å². The van der Waals surface area contributed by atoms with Gasteiger partial charge in [0, 0.05) is 11.1 Å². The fraction of sp³-hybridized carbons (Fsp3) is 0.125. The van der Waals surface area contributed by atoms with Crippen LogP contribution >= 0.6 is 0 Å². The van der Waals surface area contributed by atoms with Gasteiger partial charge in [-0.15, -0.1) is 0 Å². The lowest BCUT2D eigenvalue weighted by Gasteiger charge is -2.17. The first-order valence-electron chi connectivity index (χ1n) is 9.67. The third-order valence-corrected chi connectivity index (χ3v) is 4.80. The number of alkyl carbamates (subject to hydrolysis) is 1. The molecule has 0 bridgehead atoms. The van der Waals surface area contributed by atoms with Crippen molar-refractivity contribution in [3.05, 3.63) is 102 Å². The summed E-state index contributed by atoms with van der Waals surface area (Å²) in [7, 11) is 0. The minimum atomic E-state index is -1.12. The van der Waals surface area contributed by atoms with Crippen molar-refractivity contribution >= 4 is 23.4 Å². The van der Waals surface area contributed by atoms with E-state index in [1.54, 1.807) is 6.92 Å². The van der Waals surface area contributed by atoms with E-state index >= 15 is 0 Å². The van der Waals surface area contributed by atoms with Crippen molar-refractivity contribution in [3.8, 4) is 0 Å². The first kappa shape index (κ1) is 19.4. The van der Waals surface area contributed by atoms with Crippen LogP contribution in [0.15, 0.2) is 89.9 Å². The maximum atomic E-state index is 12.8. The van der Waals surface area contributed by atoms with Crippen LogP contribution in [0.4, 0.5) is 10.5 Å². The predicted molar refractivity (Wildman–Crippen MR) is 115 cm³/mol. The van der Waals surface area contributed by atoms with Crippen LogP contribution in [0.5, 0.6) is 0 Å². The van der Waals surface area contributed by atoms with Crippen molar-refractivity contribution in [3.63, 3.8) is 0 Å².